The third-order valence-electron chi connectivity index (χ3n) is 2.33. The molecule has 116 valence electrons. The number of benzene rings is 1. The highest BCUT2D eigenvalue weighted by molar-refractivity contribution is 9.10. The zero-order valence-electron chi connectivity index (χ0n) is 12.3. The Morgan fingerprint density at radius 2 is 1.95 bits per heavy atom. The number of rotatable bonds is 4. The molecular formula is C14H18BrNO5. The number of phenols is 1. The molecule has 0 bridgehead atoms. The van der Waals surface area contributed by atoms with Crippen molar-refractivity contribution in [3.63, 3.8) is 0 Å². The van der Waals surface area contributed by atoms with Crippen molar-refractivity contribution in [2.75, 3.05) is 13.7 Å². The standard InChI is InChI=1S/C14H18BrNO5/c1-14(2,3)16-11(17)7-21-13(19)8-5-9(15)12(18)10(6-8)20-4/h5-6,18H,7H2,1-4H3,(H,16,17). The maximum Gasteiger partial charge on any atom is 0.338 e. The van der Waals surface area contributed by atoms with E-state index in [1.165, 1.54) is 19.2 Å². The average Bonchev–Trinajstić information content (AvgIpc) is 2.37. The third-order valence-corrected chi connectivity index (χ3v) is 2.94. The molecule has 0 saturated heterocycles. The van der Waals surface area contributed by atoms with Crippen molar-refractivity contribution in [3.8, 4) is 11.5 Å². The number of ether oxygens (including phenoxy) is 2. The van der Waals surface area contributed by atoms with Crippen LogP contribution < -0.4 is 10.1 Å². The van der Waals surface area contributed by atoms with E-state index >= 15 is 0 Å². The van der Waals surface area contributed by atoms with Crippen molar-refractivity contribution in [2.24, 2.45) is 0 Å². The summed E-state index contributed by atoms with van der Waals surface area (Å²) in [5.74, 6) is -1.05. The van der Waals surface area contributed by atoms with Gasteiger partial charge in [0.2, 0.25) is 0 Å². The van der Waals surface area contributed by atoms with Crippen LogP contribution >= 0.6 is 15.9 Å². The molecule has 0 fully saturated rings. The van der Waals surface area contributed by atoms with E-state index in [1.54, 1.807) is 0 Å². The Balaban J connectivity index is 2.73. The molecule has 7 heteroatoms. The van der Waals surface area contributed by atoms with Crippen LogP contribution in [0, 0.1) is 0 Å². The highest BCUT2D eigenvalue weighted by Gasteiger charge is 2.18. The van der Waals surface area contributed by atoms with Gasteiger partial charge in [-0.15, -0.1) is 0 Å². The van der Waals surface area contributed by atoms with Crippen LogP contribution in [0.4, 0.5) is 0 Å². The molecular weight excluding hydrogens is 342 g/mol. The number of amides is 1. The monoisotopic (exact) mass is 359 g/mol. The van der Waals surface area contributed by atoms with E-state index in [4.69, 9.17) is 9.47 Å². The first-order chi connectivity index (χ1) is 9.64. The topological polar surface area (TPSA) is 84.9 Å². The van der Waals surface area contributed by atoms with Gasteiger partial charge in [-0.2, -0.15) is 0 Å². The number of carbonyl (C=O) groups is 2. The molecule has 0 aliphatic rings. The molecule has 0 heterocycles. The lowest BCUT2D eigenvalue weighted by Crippen LogP contribution is -2.42. The Kier molecular flexibility index (Phi) is 5.60. The summed E-state index contributed by atoms with van der Waals surface area (Å²) in [4.78, 5) is 23.5. The number of esters is 1. The first kappa shape index (κ1) is 17.3. The largest absolute Gasteiger partial charge is 0.503 e. The molecule has 2 N–H and O–H groups in total. The Hall–Kier alpha value is -1.76. The lowest BCUT2D eigenvalue weighted by molar-refractivity contribution is -0.125. The predicted molar refractivity (Wildman–Crippen MR) is 80.5 cm³/mol. The lowest BCUT2D eigenvalue weighted by Gasteiger charge is -2.20. The lowest BCUT2D eigenvalue weighted by atomic mass is 10.1. The fourth-order valence-corrected chi connectivity index (χ4v) is 1.96. The Morgan fingerprint density at radius 1 is 1.33 bits per heavy atom. The normalized spacial score (nSPS) is 10.9. The smallest absolute Gasteiger partial charge is 0.338 e. The van der Waals surface area contributed by atoms with Crippen LogP contribution in [0.1, 0.15) is 31.1 Å². The van der Waals surface area contributed by atoms with Gasteiger partial charge in [-0.3, -0.25) is 4.79 Å². The highest BCUT2D eigenvalue weighted by Crippen LogP contribution is 2.35. The second kappa shape index (κ2) is 6.80. The van der Waals surface area contributed by atoms with E-state index in [-0.39, 0.29) is 29.6 Å². The molecule has 0 atom stereocenters. The second-order valence-corrected chi connectivity index (χ2v) is 6.24. The van der Waals surface area contributed by atoms with Gasteiger partial charge in [0.05, 0.1) is 17.1 Å². The first-order valence-electron chi connectivity index (χ1n) is 6.18. The zero-order valence-corrected chi connectivity index (χ0v) is 13.9. The summed E-state index contributed by atoms with van der Waals surface area (Å²) in [6.07, 6.45) is 0. The van der Waals surface area contributed by atoms with E-state index in [0.29, 0.717) is 4.47 Å². The van der Waals surface area contributed by atoms with Gasteiger partial charge in [-0.1, -0.05) is 0 Å². The molecule has 21 heavy (non-hydrogen) atoms. The Labute approximate surface area is 131 Å². The van der Waals surface area contributed by atoms with Crippen LogP contribution in [0.5, 0.6) is 11.5 Å². The van der Waals surface area contributed by atoms with Crippen molar-refractivity contribution in [1.29, 1.82) is 0 Å². The van der Waals surface area contributed by atoms with E-state index in [0.717, 1.165) is 0 Å². The quantitative estimate of drug-likeness (QED) is 0.805. The molecule has 0 aliphatic heterocycles. The average molecular weight is 360 g/mol. The molecule has 1 aromatic rings. The fraction of sp³-hybridized carbons (Fsp3) is 0.429. The summed E-state index contributed by atoms with van der Waals surface area (Å²) >= 11 is 3.11. The molecule has 0 unspecified atom stereocenters. The summed E-state index contributed by atoms with van der Waals surface area (Å²) in [5.41, 5.74) is -0.228. The molecule has 0 spiro atoms. The molecule has 1 rings (SSSR count). The molecule has 0 radical (unpaired) electrons. The van der Waals surface area contributed by atoms with E-state index in [1.807, 2.05) is 20.8 Å². The van der Waals surface area contributed by atoms with E-state index < -0.39 is 11.5 Å². The number of carbonyl (C=O) groups excluding carboxylic acids is 2. The van der Waals surface area contributed by atoms with Crippen molar-refractivity contribution < 1.29 is 24.2 Å². The van der Waals surface area contributed by atoms with Crippen LogP contribution in [0.25, 0.3) is 0 Å². The summed E-state index contributed by atoms with van der Waals surface area (Å²) < 4.78 is 10.2. The van der Waals surface area contributed by atoms with Gasteiger partial charge in [-0.25, -0.2) is 4.79 Å². The third kappa shape index (κ3) is 5.26. The van der Waals surface area contributed by atoms with Crippen molar-refractivity contribution in [3.05, 3.63) is 22.2 Å². The van der Waals surface area contributed by atoms with Crippen molar-refractivity contribution in [2.45, 2.75) is 26.3 Å². The molecule has 0 aromatic heterocycles. The zero-order chi connectivity index (χ0) is 16.2. The van der Waals surface area contributed by atoms with Crippen LogP contribution in [0.2, 0.25) is 0 Å². The van der Waals surface area contributed by atoms with E-state index in [9.17, 15) is 14.7 Å². The van der Waals surface area contributed by atoms with Crippen LogP contribution in [0.3, 0.4) is 0 Å². The second-order valence-electron chi connectivity index (χ2n) is 5.38. The van der Waals surface area contributed by atoms with E-state index in [2.05, 4.69) is 21.2 Å². The van der Waals surface area contributed by atoms with Gasteiger partial charge in [-0.05, 0) is 48.8 Å². The number of hydrogen-bond acceptors (Lipinski definition) is 5. The van der Waals surface area contributed by atoms with Gasteiger partial charge >= 0.3 is 5.97 Å². The number of halogens is 1. The van der Waals surface area contributed by atoms with Crippen molar-refractivity contribution >= 4 is 27.8 Å². The van der Waals surface area contributed by atoms with Crippen LogP contribution in [0.15, 0.2) is 16.6 Å². The van der Waals surface area contributed by atoms with Gasteiger partial charge in [0.1, 0.15) is 0 Å². The van der Waals surface area contributed by atoms with Crippen molar-refractivity contribution in [1.82, 2.24) is 5.32 Å². The maximum atomic E-state index is 11.9. The predicted octanol–water partition coefficient (Wildman–Crippen LogP) is 2.23. The molecule has 1 amide bonds. The molecule has 1 aromatic carbocycles. The first-order valence-corrected chi connectivity index (χ1v) is 6.98. The summed E-state index contributed by atoms with van der Waals surface area (Å²) in [7, 11) is 1.37. The summed E-state index contributed by atoms with van der Waals surface area (Å²) in [5, 5.41) is 12.3. The minimum atomic E-state index is -0.682. The molecule has 6 nitrogen and oxygen atoms in total. The number of phenolic OH excluding ortho intramolecular Hbond substituents is 1. The van der Waals surface area contributed by atoms with Gasteiger partial charge < -0.3 is 19.9 Å². The maximum absolute atomic E-state index is 11.9. The Morgan fingerprint density at radius 3 is 2.48 bits per heavy atom. The molecule has 0 saturated carbocycles. The number of methoxy groups -OCH3 is 1. The SMILES string of the molecule is COc1cc(C(=O)OCC(=O)NC(C)(C)C)cc(Br)c1O. The minimum absolute atomic E-state index is 0.112. The highest BCUT2D eigenvalue weighted by atomic mass is 79.9. The summed E-state index contributed by atoms with van der Waals surface area (Å²) in [6.45, 7) is 5.11. The fourth-order valence-electron chi connectivity index (χ4n) is 1.52. The van der Waals surface area contributed by atoms with Gasteiger partial charge in [0, 0.05) is 5.54 Å². The summed E-state index contributed by atoms with van der Waals surface area (Å²) in [6, 6.07) is 2.73. The molecule has 0 aliphatic carbocycles. The number of hydrogen-bond donors (Lipinski definition) is 2. The Bertz CT molecular complexity index is 551. The van der Waals surface area contributed by atoms with Crippen LogP contribution in [-0.4, -0.2) is 36.2 Å². The van der Waals surface area contributed by atoms with Gasteiger partial charge in [0.25, 0.3) is 5.91 Å². The van der Waals surface area contributed by atoms with Gasteiger partial charge in [0.15, 0.2) is 18.1 Å². The van der Waals surface area contributed by atoms with Crippen LogP contribution in [-0.2, 0) is 9.53 Å². The minimum Gasteiger partial charge on any atom is -0.503 e. The number of aromatic hydroxyl groups is 1. The number of nitrogens with one attached hydrogen (secondary N) is 1.